The maximum atomic E-state index is 9.99. The molecule has 15 aromatic rings. The first-order chi connectivity index (χ1) is 54.7. The molecule has 0 saturated carbocycles. The lowest BCUT2D eigenvalue weighted by molar-refractivity contribution is 0.569. The summed E-state index contributed by atoms with van der Waals surface area (Å²) in [6, 6.07) is 90.8. The number of hydrogen-bond donors (Lipinski definition) is 0. The van der Waals surface area contributed by atoms with E-state index in [1.807, 2.05) is 6.07 Å². The molecule has 0 unspecified atom stereocenters. The van der Waals surface area contributed by atoms with Crippen LogP contribution in [-0.2, 0) is 27.1 Å². The molecule has 107 heavy (non-hydrogen) atoms. The molecule has 1 aliphatic carbocycles. The van der Waals surface area contributed by atoms with Crippen molar-refractivity contribution in [1.29, 1.82) is 0 Å². The maximum Gasteiger partial charge on any atom is 0.252 e. The second-order valence-corrected chi connectivity index (χ2v) is 34.3. The first-order valence-corrected chi connectivity index (χ1v) is 37.8. The summed E-state index contributed by atoms with van der Waals surface area (Å²) in [4.78, 5) is 5.13. The Kier molecular flexibility index (Phi) is 13.6. The van der Waals surface area contributed by atoms with Crippen LogP contribution in [-0.4, -0.2) is 11.3 Å². The molecule has 14 aromatic carbocycles. The van der Waals surface area contributed by atoms with Crippen molar-refractivity contribution in [3.05, 3.63) is 337 Å². The fourth-order valence-electron chi connectivity index (χ4n) is 17.2. The van der Waals surface area contributed by atoms with Gasteiger partial charge in [-0.15, -0.1) is 0 Å². The Labute approximate surface area is 644 Å². The summed E-state index contributed by atoms with van der Waals surface area (Å²) in [7, 11) is 0. The van der Waals surface area contributed by atoms with Crippen molar-refractivity contribution >= 4 is 79.0 Å². The fraction of sp³-hybridized carbons (Fsp3) is 0.184. The molecule has 3 heterocycles. The number of aromatic nitrogens is 1. The average molecular weight is 1390 g/mol. The fourth-order valence-corrected chi connectivity index (χ4v) is 17.2. The summed E-state index contributed by atoms with van der Waals surface area (Å²) >= 11 is 0. The smallest absolute Gasteiger partial charge is 0.252 e. The third-order valence-electron chi connectivity index (χ3n) is 23.0. The summed E-state index contributed by atoms with van der Waals surface area (Å²) in [6.45, 7) is 31.7. The van der Waals surface area contributed by atoms with Gasteiger partial charge in [-0.2, -0.15) is 0 Å². The van der Waals surface area contributed by atoms with Gasteiger partial charge in [0.25, 0.3) is 6.71 Å². The van der Waals surface area contributed by atoms with Crippen molar-refractivity contribution in [2.45, 2.75) is 124 Å². The minimum absolute atomic E-state index is 0.0112. The highest BCUT2D eigenvalue weighted by Gasteiger charge is 2.47. The van der Waals surface area contributed by atoms with Crippen molar-refractivity contribution in [3.8, 4) is 83.6 Å². The van der Waals surface area contributed by atoms with Gasteiger partial charge in [-0.05, 0) is 194 Å². The summed E-state index contributed by atoms with van der Waals surface area (Å²) < 4.78 is 78.2. The quantitative estimate of drug-likeness (QED) is 0.133. The van der Waals surface area contributed by atoms with Gasteiger partial charge >= 0.3 is 0 Å². The van der Waals surface area contributed by atoms with E-state index in [0.717, 1.165) is 123 Å². The molecule has 522 valence electrons. The summed E-state index contributed by atoms with van der Waals surface area (Å²) in [6.07, 6.45) is 0. The predicted octanol–water partition coefficient (Wildman–Crippen LogP) is 26.4. The van der Waals surface area contributed by atoms with E-state index in [1.165, 1.54) is 38.9 Å². The van der Waals surface area contributed by atoms with Gasteiger partial charge in [0.15, 0.2) is 0 Å². The van der Waals surface area contributed by atoms with E-state index >= 15 is 0 Å². The Hall–Kier alpha value is -11.5. The Morgan fingerprint density at radius 1 is 0.308 bits per heavy atom. The molecule has 0 amide bonds. The Morgan fingerprint density at radius 3 is 1.21 bits per heavy atom. The van der Waals surface area contributed by atoms with E-state index in [0.29, 0.717) is 5.69 Å². The highest BCUT2D eigenvalue weighted by Crippen LogP contribution is 2.58. The van der Waals surface area contributed by atoms with Crippen LogP contribution in [0.2, 0.25) is 0 Å². The minimum Gasteiger partial charge on any atom is -0.310 e. The number of benzene rings is 14. The summed E-state index contributed by atoms with van der Waals surface area (Å²) in [5, 5.41) is 0.0224. The molecule has 4 heteroatoms. The van der Waals surface area contributed by atoms with Crippen LogP contribution in [0.1, 0.15) is 141 Å². The third-order valence-corrected chi connectivity index (χ3v) is 23.0. The molecule has 2 aliphatic heterocycles. The highest BCUT2D eigenvalue weighted by atomic mass is 15.2. The number of fused-ring (bicyclic) bond motifs is 10. The van der Waals surface area contributed by atoms with Crippen molar-refractivity contribution in [3.63, 3.8) is 0 Å². The molecule has 0 fully saturated rings. The van der Waals surface area contributed by atoms with Crippen LogP contribution in [0.5, 0.6) is 0 Å². The van der Waals surface area contributed by atoms with E-state index in [-0.39, 0.29) is 61.0 Å². The first kappa shape index (κ1) is 58.8. The van der Waals surface area contributed by atoms with Gasteiger partial charge in [0.1, 0.15) is 0 Å². The molecule has 3 aliphatic rings. The van der Waals surface area contributed by atoms with Gasteiger partial charge in [-0.1, -0.05) is 333 Å². The first-order valence-electron chi connectivity index (χ1n) is 41.8. The van der Waals surface area contributed by atoms with E-state index in [9.17, 15) is 11.0 Å². The van der Waals surface area contributed by atoms with Gasteiger partial charge in [-0.3, -0.25) is 0 Å². The highest BCUT2D eigenvalue weighted by molar-refractivity contribution is 7.00. The molecular formula is C103H92BN3. The van der Waals surface area contributed by atoms with Crippen molar-refractivity contribution in [2.24, 2.45) is 0 Å². The monoisotopic (exact) mass is 1390 g/mol. The Morgan fingerprint density at radius 2 is 0.729 bits per heavy atom. The predicted molar refractivity (Wildman–Crippen MR) is 460 cm³/mol. The van der Waals surface area contributed by atoms with Crippen LogP contribution >= 0.6 is 0 Å². The normalized spacial score (nSPS) is 14.8. The minimum atomic E-state index is -0.546. The number of para-hydroxylation sites is 2. The number of anilines is 6. The molecule has 0 radical (unpaired) electrons. The second-order valence-electron chi connectivity index (χ2n) is 34.3. The molecule has 0 bridgehead atoms. The van der Waals surface area contributed by atoms with E-state index in [4.69, 9.17) is 0 Å². The van der Waals surface area contributed by atoms with Gasteiger partial charge in [0, 0.05) is 66.9 Å². The number of nitrogens with zero attached hydrogens (tertiary/aromatic N) is 3. The van der Waals surface area contributed by atoms with E-state index in [1.54, 1.807) is 4.57 Å². The molecule has 3 nitrogen and oxygen atoms in total. The summed E-state index contributed by atoms with van der Waals surface area (Å²) in [5.74, 6) is 0. The van der Waals surface area contributed by atoms with Crippen molar-refractivity contribution in [1.82, 2.24) is 4.57 Å². The van der Waals surface area contributed by atoms with Gasteiger partial charge < -0.3 is 14.4 Å². The zero-order chi connectivity index (χ0) is 80.8. The topological polar surface area (TPSA) is 11.4 Å². The molecule has 0 saturated heterocycles. The zero-order valence-corrected chi connectivity index (χ0v) is 63.7. The van der Waals surface area contributed by atoms with Crippen LogP contribution in [0.3, 0.4) is 0 Å². The van der Waals surface area contributed by atoms with Crippen LogP contribution in [0.15, 0.2) is 303 Å². The Balaban J connectivity index is 1.09. The van der Waals surface area contributed by atoms with E-state index in [2.05, 4.69) is 355 Å². The van der Waals surface area contributed by atoms with Gasteiger partial charge in [-0.25, -0.2) is 0 Å². The molecule has 0 atom stereocenters. The van der Waals surface area contributed by atoms with Gasteiger partial charge in [0.05, 0.1) is 33.4 Å². The lowest BCUT2D eigenvalue weighted by atomic mass is 9.33. The Bertz CT molecular complexity index is 6340. The summed E-state index contributed by atoms with van der Waals surface area (Å²) in [5.41, 5.74) is 29.7. The van der Waals surface area contributed by atoms with Crippen LogP contribution in [0, 0.1) is 0 Å². The molecule has 1 aromatic heterocycles. The lowest BCUT2D eigenvalue weighted by Gasteiger charge is -2.46. The zero-order valence-electron chi connectivity index (χ0n) is 71.7. The second kappa shape index (κ2) is 24.8. The molecule has 0 N–H and O–H groups in total. The van der Waals surface area contributed by atoms with Crippen LogP contribution in [0.25, 0.3) is 105 Å². The molecule has 0 spiro atoms. The average Bonchev–Trinajstić information content (AvgIpc) is 0.961. The number of hydrogen-bond acceptors (Lipinski definition) is 2. The lowest BCUT2D eigenvalue weighted by Crippen LogP contribution is -2.61. The van der Waals surface area contributed by atoms with E-state index < -0.39 is 43.0 Å². The SMILES string of the molecule is [2H]c1c([2H])c([2H])c2c(c1[2H])c1c([2H])c([2H])c([2H])c([2H])c1n2-c1ccc2c(c1)N(c1c(-c3ccccc3)cc(C(C)(C)C)cc1-c1ccccc1)c1cc(-c3cccc4c3-c3ccccc3C4(C)C)cc3c1B2c1cc(-c2cc(C(C)(C)C)cc(C(C)(C)C)c2)ccc1N3c1c(-c2ccccc2)cc(C(C)(C)C)cc1-c1ccccc1. The van der Waals surface area contributed by atoms with Gasteiger partial charge in [0.2, 0.25) is 0 Å². The molecule has 18 rings (SSSR count). The standard InChI is InChI=1S/C103H92BN3/c1-99(2,3)72-54-70(55-73(59-72)100(4,5)6)69-50-53-91-88(56-69)104-87-52-51-76(105-89-48-31-28-42-78(89)79-43-29-32-49-90(79)105)64-92(87)107(98-83(67-38-23-17-24-39-67)62-75(102(10,11)12)63-84(98)68-40-25-18-26-41-68)94-58-71(77-45-33-47-86-95(77)80-44-27-30-46-85(80)103(86,13)14)57-93(96(94)104)106(91)97-81(65-34-19-15-20-35-65)60-74(101(7,8)9)61-82(97)66-36-21-16-22-37-66/h15-64H,1-14H3/i28D,29D,31D,32D,42D,43D,48D,49D. The van der Waals surface area contributed by atoms with Crippen molar-refractivity contribution < 1.29 is 11.0 Å². The van der Waals surface area contributed by atoms with Crippen LogP contribution < -0.4 is 26.2 Å². The largest absolute Gasteiger partial charge is 0.310 e. The number of rotatable bonds is 9. The third kappa shape index (κ3) is 11.1. The van der Waals surface area contributed by atoms with Crippen LogP contribution in [0.4, 0.5) is 34.1 Å². The maximum absolute atomic E-state index is 9.99. The van der Waals surface area contributed by atoms with Crippen molar-refractivity contribution in [2.75, 3.05) is 9.80 Å². The molecular weight excluding hydrogens is 1290 g/mol.